The molecule has 2 nitrogen and oxygen atoms in total. The lowest BCUT2D eigenvalue weighted by Crippen LogP contribution is -1.95. The molecule has 0 aliphatic heterocycles. The third-order valence-electron chi connectivity index (χ3n) is 4.90. The van der Waals surface area contributed by atoms with Gasteiger partial charge in [0, 0.05) is 22.3 Å². The number of fused-ring (bicyclic) bond motifs is 7. The van der Waals surface area contributed by atoms with E-state index in [9.17, 15) is 4.79 Å². The Morgan fingerprint density at radius 1 is 0.708 bits per heavy atom. The van der Waals surface area contributed by atoms with E-state index in [4.69, 9.17) is 4.74 Å². The van der Waals surface area contributed by atoms with Crippen molar-refractivity contribution in [2.45, 2.75) is 0 Å². The van der Waals surface area contributed by atoms with Gasteiger partial charge < -0.3 is 4.74 Å². The Hall–Kier alpha value is -3.13. The van der Waals surface area contributed by atoms with Gasteiger partial charge in [0.1, 0.15) is 5.75 Å². The molecule has 0 spiro atoms. The molecule has 0 N–H and O–H groups in total. The second kappa shape index (κ2) is 4.68. The number of hydrogen-bond acceptors (Lipinski definition) is 2. The monoisotopic (exact) mass is 310 g/mol. The number of rotatable bonds is 1. The molecule has 1 aliphatic rings. The van der Waals surface area contributed by atoms with Crippen LogP contribution in [-0.4, -0.2) is 12.9 Å². The average molecular weight is 310 g/mol. The number of carbonyl (C=O) groups excluding carboxylic acids is 1. The molecule has 0 heterocycles. The van der Waals surface area contributed by atoms with Crippen LogP contribution >= 0.6 is 0 Å². The lowest BCUT2D eigenvalue weighted by Gasteiger charge is -2.12. The summed E-state index contributed by atoms with van der Waals surface area (Å²) >= 11 is 0. The van der Waals surface area contributed by atoms with Crippen LogP contribution in [0.1, 0.15) is 15.9 Å². The quantitative estimate of drug-likeness (QED) is 0.397. The average Bonchev–Trinajstić information content (AvgIpc) is 2.94. The maximum absolute atomic E-state index is 12.9. The van der Waals surface area contributed by atoms with Crippen molar-refractivity contribution in [3.63, 3.8) is 0 Å². The van der Waals surface area contributed by atoms with E-state index in [-0.39, 0.29) is 5.78 Å². The minimum absolute atomic E-state index is 0.0775. The maximum Gasteiger partial charge on any atom is 0.194 e. The Kier molecular flexibility index (Phi) is 2.60. The standard InChI is InChI=1S/C22H14O2/c1-24-18-8-4-7-16-20(18)21-17(22(16)23)12-11-14-10-9-13-5-2-3-6-15(13)19(14)21/h2-12H,1H3. The van der Waals surface area contributed by atoms with Crippen molar-refractivity contribution in [3.05, 3.63) is 77.9 Å². The Balaban J connectivity index is 2.06. The Bertz CT molecular complexity index is 1160. The van der Waals surface area contributed by atoms with Crippen LogP contribution in [0.5, 0.6) is 5.75 Å². The molecule has 2 heteroatoms. The van der Waals surface area contributed by atoms with Gasteiger partial charge in [0.2, 0.25) is 0 Å². The first-order valence-electron chi connectivity index (χ1n) is 7.96. The van der Waals surface area contributed by atoms with Gasteiger partial charge in [0.05, 0.1) is 7.11 Å². The second-order valence-electron chi connectivity index (χ2n) is 6.08. The number of carbonyl (C=O) groups is 1. The lowest BCUT2D eigenvalue weighted by atomic mass is 9.93. The highest BCUT2D eigenvalue weighted by molar-refractivity contribution is 6.30. The van der Waals surface area contributed by atoms with Crippen LogP contribution in [0.15, 0.2) is 66.7 Å². The van der Waals surface area contributed by atoms with Crippen LogP contribution in [0.3, 0.4) is 0 Å². The van der Waals surface area contributed by atoms with E-state index in [1.165, 1.54) is 10.8 Å². The molecular formula is C22H14O2. The number of methoxy groups -OCH3 is 1. The topological polar surface area (TPSA) is 26.3 Å². The van der Waals surface area contributed by atoms with Crippen LogP contribution in [0.25, 0.3) is 32.7 Å². The van der Waals surface area contributed by atoms with Crippen molar-refractivity contribution in [1.29, 1.82) is 0 Å². The van der Waals surface area contributed by atoms with Gasteiger partial charge in [-0.25, -0.2) is 0 Å². The predicted octanol–water partition coefficient (Wildman–Crippen LogP) is 5.21. The fourth-order valence-electron chi connectivity index (χ4n) is 3.84. The summed E-state index contributed by atoms with van der Waals surface area (Å²) in [6, 6.07) is 22.2. The van der Waals surface area contributed by atoms with Gasteiger partial charge >= 0.3 is 0 Å². The van der Waals surface area contributed by atoms with Gasteiger partial charge in [-0.3, -0.25) is 4.79 Å². The molecule has 0 radical (unpaired) electrons. The van der Waals surface area contributed by atoms with E-state index in [0.717, 1.165) is 38.8 Å². The van der Waals surface area contributed by atoms with Crippen LogP contribution in [0.4, 0.5) is 0 Å². The molecule has 0 amide bonds. The minimum Gasteiger partial charge on any atom is -0.496 e. The third-order valence-corrected chi connectivity index (χ3v) is 4.90. The molecule has 0 fully saturated rings. The fourth-order valence-corrected chi connectivity index (χ4v) is 3.84. The van der Waals surface area contributed by atoms with Gasteiger partial charge in [-0.2, -0.15) is 0 Å². The van der Waals surface area contributed by atoms with E-state index < -0.39 is 0 Å². The van der Waals surface area contributed by atoms with E-state index in [1.54, 1.807) is 7.11 Å². The first kappa shape index (κ1) is 13.3. The zero-order valence-corrected chi connectivity index (χ0v) is 13.2. The highest BCUT2D eigenvalue weighted by Gasteiger charge is 2.31. The molecular weight excluding hydrogens is 296 g/mol. The van der Waals surface area contributed by atoms with Crippen molar-refractivity contribution in [2.75, 3.05) is 7.11 Å². The predicted molar refractivity (Wildman–Crippen MR) is 96.9 cm³/mol. The number of ketones is 1. The first-order chi connectivity index (χ1) is 11.8. The van der Waals surface area contributed by atoms with Gasteiger partial charge in [0.15, 0.2) is 5.78 Å². The van der Waals surface area contributed by atoms with Crippen molar-refractivity contribution in [1.82, 2.24) is 0 Å². The van der Waals surface area contributed by atoms with Crippen molar-refractivity contribution >= 4 is 27.3 Å². The van der Waals surface area contributed by atoms with Crippen molar-refractivity contribution in [2.24, 2.45) is 0 Å². The van der Waals surface area contributed by atoms with Gasteiger partial charge in [-0.05, 0) is 33.7 Å². The summed E-state index contributed by atoms with van der Waals surface area (Å²) in [4.78, 5) is 12.9. The molecule has 4 aromatic carbocycles. The van der Waals surface area contributed by atoms with Crippen molar-refractivity contribution < 1.29 is 9.53 Å². The van der Waals surface area contributed by atoms with Crippen LogP contribution in [-0.2, 0) is 0 Å². The zero-order chi connectivity index (χ0) is 16.3. The molecule has 5 rings (SSSR count). The number of ether oxygens (including phenoxy) is 1. The van der Waals surface area contributed by atoms with E-state index in [2.05, 4.69) is 24.3 Å². The van der Waals surface area contributed by atoms with E-state index >= 15 is 0 Å². The largest absolute Gasteiger partial charge is 0.496 e. The first-order valence-corrected chi connectivity index (χ1v) is 7.96. The molecule has 0 aromatic heterocycles. The summed E-state index contributed by atoms with van der Waals surface area (Å²) in [6.45, 7) is 0. The smallest absolute Gasteiger partial charge is 0.194 e. The molecule has 0 saturated heterocycles. The van der Waals surface area contributed by atoms with Crippen molar-refractivity contribution in [3.8, 4) is 16.9 Å². The molecule has 0 bridgehead atoms. The lowest BCUT2D eigenvalue weighted by molar-refractivity contribution is 0.104. The zero-order valence-electron chi connectivity index (χ0n) is 13.2. The molecule has 4 aromatic rings. The fraction of sp³-hybridized carbons (Fsp3) is 0.0455. The van der Waals surface area contributed by atoms with Gasteiger partial charge in [0.25, 0.3) is 0 Å². The third kappa shape index (κ3) is 1.57. The summed E-state index contributed by atoms with van der Waals surface area (Å²) in [5.41, 5.74) is 3.41. The van der Waals surface area contributed by atoms with Crippen LogP contribution in [0, 0.1) is 0 Å². The Morgan fingerprint density at radius 2 is 1.46 bits per heavy atom. The van der Waals surface area contributed by atoms with Crippen LogP contribution in [0.2, 0.25) is 0 Å². The van der Waals surface area contributed by atoms with Crippen LogP contribution < -0.4 is 4.74 Å². The van der Waals surface area contributed by atoms with Gasteiger partial charge in [-0.1, -0.05) is 54.6 Å². The highest BCUT2D eigenvalue weighted by Crippen LogP contribution is 2.47. The summed E-state index contributed by atoms with van der Waals surface area (Å²) in [7, 11) is 1.65. The molecule has 24 heavy (non-hydrogen) atoms. The normalized spacial score (nSPS) is 12.5. The molecule has 1 aliphatic carbocycles. The summed E-state index contributed by atoms with van der Waals surface area (Å²) in [5.74, 6) is 0.828. The molecule has 0 atom stereocenters. The number of benzene rings is 4. The maximum atomic E-state index is 12.9. The molecule has 0 unspecified atom stereocenters. The second-order valence-corrected chi connectivity index (χ2v) is 6.08. The number of hydrogen-bond donors (Lipinski definition) is 0. The molecule has 114 valence electrons. The van der Waals surface area contributed by atoms with Gasteiger partial charge in [-0.15, -0.1) is 0 Å². The summed E-state index contributed by atoms with van der Waals surface area (Å²) in [6.07, 6.45) is 0. The highest BCUT2D eigenvalue weighted by atomic mass is 16.5. The van der Waals surface area contributed by atoms with E-state index in [0.29, 0.717) is 0 Å². The Morgan fingerprint density at radius 3 is 2.33 bits per heavy atom. The Labute approximate surface area is 139 Å². The van der Waals surface area contributed by atoms with E-state index in [1.807, 2.05) is 42.5 Å². The summed E-state index contributed by atoms with van der Waals surface area (Å²) in [5, 5.41) is 4.61. The minimum atomic E-state index is 0.0775. The SMILES string of the molecule is COc1cccc2c1-c1c(ccc3ccc4ccccc4c13)C2=O. The molecule has 0 saturated carbocycles. The summed E-state index contributed by atoms with van der Waals surface area (Å²) < 4.78 is 5.57.